The molecule has 0 bridgehead atoms. The van der Waals surface area contributed by atoms with Gasteiger partial charge < -0.3 is 5.32 Å². The van der Waals surface area contributed by atoms with Gasteiger partial charge in [-0.15, -0.1) is 0 Å². The van der Waals surface area contributed by atoms with Crippen molar-refractivity contribution < 1.29 is 26.4 Å². The summed E-state index contributed by atoms with van der Waals surface area (Å²) in [5.74, 6) is -0.832. The molecule has 32 heavy (non-hydrogen) atoms. The van der Waals surface area contributed by atoms with E-state index in [4.69, 9.17) is 23.2 Å². The van der Waals surface area contributed by atoms with Crippen molar-refractivity contribution in [1.82, 2.24) is 0 Å². The minimum atomic E-state index is -4.70. The molecule has 0 saturated carbocycles. The third-order valence-corrected chi connectivity index (χ3v) is 6.38. The van der Waals surface area contributed by atoms with Gasteiger partial charge in [-0.05, 0) is 55.5 Å². The molecule has 0 aliphatic heterocycles. The lowest BCUT2D eigenvalue weighted by atomic mass is 10.1. The topological polar surface area (TPSA) is 75.3 Å². The maximum absolute atomic E-state index is 13.0. The third kappa shape index (κ3) is 5.53. The van der Waals surface area contributed by atoms with Gasteiger partial charge in [-0.1, -0.05) is 40.9 Å². The Bertz CT molecular complexity index is 1280. The molecule has 0 fully saturated rings. The van der Waals surface area contributed by atoms with Crippen molar-refractivity contribution in [2.24, 2.45) is 0 Å². The van der Waals surface area contributed by atoms with Crippen LogP contribution in [0.3, 0.4) is 0 Å². The first-order chi connectivity index (χ1) is 14.9. The van der Waals surface area contributed by atoms with E-state index < -0.39 is 32.7 Å². The Hall–Kier alpha value is -2.75. The summed E-state index contributed by atoms with van der Waals surface area (Å²) in [6.45, 7) is 1.81. The number of halogens is 5. The molecule has 0 aromatic heterocycles. The first kappa shape index (κ1) is 23.9. The number of carbonyl (C=O) groups is 1. The summed E-state index contributed by atoms with van der Waals surface area (Å²) in [7, 11) is -3.94. The van der Waals surface area contributed by atoms with Crippen LogP contribution in [0, 0.1) is 6.92 Å². The third-order valence-electron chi connectivity index (χ3n) is 4.32. The predicted molar refractivity (Wildman–Crippen MR) is 118 cm³/mol. The van der Waals surface area contributed by atoms with Gasteiger partial charge in [0.1, 0.15) is 0 Å². The number of aryl methyl sites for hydroxylation is 1. The molecule has 0 saturated heterocycles. The van der Waals surface area contributed by atoms with Crippen LogP contribution in [0.15, 0.2) is 65.6 Å². The smallest absolute Gasteiger partial charge is 0.322 e. The van der Waals surface area contributed by atoms with Crippen molar-refractivity contribution in [3.05, 3.63) is 87.4 Å². The van der Waals surface area contributed by atoms with Crippen LogP contribution < -0.4 is 10.0 Å². The number of anilines is 2. The predicted octanol–water partition coefficient (Wildman–Crippen LogP) is 6.37. The molecule has 3 aromatic rings. The fourth-order valence-electron chi connectivity index (χ4n) is 2.71. The number of hydrogen-bond donors (Lipinski definition) is 2. The van der Waals surface area contributed by atoms with Crippen LogP contribution in [0.4, 0.5) is 24.5 Å². The summed E-state index contributed by atoms with van der Waals surface area (Å²) in [5.41, 5.74) is -0.479. The molecule has 0 heterocycles. The van der Waals surface area contributed by atoms with Crippen LogP contribution in [0.2, 0.25) is 10.0 Å². The summed E-state index contributed by atoms with van der Waals surface area (Å²) in [5, 5.41) is 1.77. The Balaban J connectivity index is 1.86. The molecule has 11 heteroatoms. The quantitative estimate of drug-likeness (QED) is 0.425. The molecule has 5 nitrogen and oxygen atoms in total. The number of carbonyl (C=O) groups excluding carboxylic acids is 1. The van der Waals surface area contributed by atoms with Gasteiger partial charge >= 0.3 is 6.18 Å². The van der Waals surface area contributed by atoms with Crippen LogP contribution in [0.25, 0.3) is 0 Å². The largest absolute Gasteiger partial charge is 0.417 e. The fourth-order valence-corrected chi connectivity index (χ4v) is 4.19. The van der Waals surface area contributed by atoms with Crippen LogP contribution in [0.5, 0.6) is 0 Å². The molecule has 0 spiro atoms. The van der Waals surface area contributed by atoms with Crippen molar-refractivity contribution in [1.29, 1.82) is 0 Å². The van der Waals surface area contributed by atoms with Gasteiger partial charge in [0, 0.05) is 11.4 Å². The highest BCUT2D eigenvalue weighted by Gasteiger charge is 2.33. The Kier molecular flexibility index (Phi) is 6.73. The van der Waals surface area contributed by atoms with Crippen molar-refractivity contribution >= 4 is 50.5 Å². The van der Waals surface area contributed by atoms with E-state index in [1.807, 2.05) is 6.92 Å². The lowest BCUT2D eigenvalue weighted by molar-refractivity contribution is -0.137. The van der Waals surface area contributed by atoms with E-state index in [9.17, 15) is 26.4 Å². The Morgan fingerprint density at radius 2 is 1.47 bits per heavy atom. The number of alkyl halides is 3. The maximum Gasteiger partial charge on any atom is 0.417 e. The van der Waals surface area contributed by atoms with Crippen molar-refractivity contribution in [2.45, 2.75) is 18.0 Å². The summed E-state index contributed by atoms with van der Waals surface area (Å²) >= 11 is 11.6. The zero-order valence-electron chi connectivity index (χ0n) is 16.3. The van der Waals surface area contributed by atoms with Crippen LogP contribution >= 0.6 is 23.2 Å². The van der Waals surface area contributed by atoms with Crippen LogP contribution in [-0.4, -0.2) is 14.3 Å². The van der Waals surface area contributed by atoms with E-state index in [0.29, 0.717) is 6.07 Å². The van der Waals surface area contributed by atoms with Gasteiger partial charge in [0.15, 0.2) is 0 Å². The second-order valence-corrected chi connectivity index (χ2v) is 9.26. The van der Waals surface area contributed by atoms with E-state index in [0.717, 1.165) is 11.6 Å². The summed E-state index contributed by atoms with van der Waals surface area (Å²) in [6, 6.07) is 12.9. The molecule has 3 aromatic carbocycles. The maximum atomic E-state index is 13.0. The molecule has 0 radical (unpaired) electrons. The summed E-state index contributed by atoms with van der Waals surface area (Å²) in [4.78, 5) is 12.6. The van der Waals surface area contributed by atoms with Gasteiger partial charge in [0.25, 0.3) is 15.9 Å². The number of hydrogen-bond acceptors (Lipinski definition) is 3. The molecule has 0 atom stereocenters. The van der Waals surface area contributed by atoms with E-state index >= 15 is 0 Å². The molecule has 0 aliphatic carbocycles. The number of benzene rings is 3. The zero-order chi connectivity index (χ0) is 23.7. The highest BCUT2D eigenvalue weighted by Crippen LogP contribution is 2.36. The average molecular weight is 503 g/mol. The molecule has 1 amide bonds. The zero-order valence-corrected chi connectivity index (χ0v) is 18.6. The van der Waals surface area contributed by atoms with Gasteiger partial charge in [0.2, 0.25) is 0 Å². The van der Waals surface area contributed by atoms with E-state index in [2.05, 4.69) is 10.0 Å². The standard InChI is InChI=1S/C21H15Cl2F3N2O3S/c1-12-2-6-15(7-3-12)32(30,31)28-14-5-8-18(22)16(10-14)20(29)27-13-4-9-19(23)17(11-13)21(24,25)26/h2-11,28H,1H3,(H,27,29). The number of sulfonamides is 1. The minimum Gasteiger partial charge on any atom is -0.322 e. The molecule has 0 aliphatic rings. The number of nitrogens with one attached hydrogen (secondary N) is 2. The first-order valence-electron chi connectivity index (χ1n) is 8.94. The van der Waals surface area contributed by atoms with Crippen molar-refractivity contribution in [3.8, 4) is 0 Å². The lowest BCUT2D eigenvalue weighted by Crippen LogP contribution is -2.16. The van der Waals surface area contributed by atoms with Crippen LogP contribution in [-0.2, 0) is 16.2 Å². The SMILES string of the molecule is Cc1ccc(S(=O)(=O)Nc2ccc(Cl)c(C(=O)Nc3ccc(Cl)c(C(F)(F)F)c3)c2)cc1. The molecular formula is C21H15Cl2F3N2O3S. The fraction of sp³-hybridized carbons (Fsp3) is 0.0952. The summed E-state index contributed by atoms with van der Waals surface area (Å²) < 4.78 is 66.6. The Morgan fingerprint density at radius 3 is 2.09 bits per heavy atom. The highest BCUT2D eigenvalue weighted by atomic mass is 35.5. The Labute approximate surface area is 192 Å². The van der Waals surface area contributed by atoms with Gasteiger partial charge in [-0.3, -0.25) is 9.52 Å². The number of amides is 1. The molecule has 168 valence electrons. The Morgan fingerprint density at radius 1 is 0.875 bits per heavy atom. The van der Waals surface area contributed by atoms with E-state index in [1.54, 1.807) is 12.1 Å². The van der Waals surface area contributed by atoms with Gasteiger partial charge in [-0.25, -0.2) is 8.42 Å². The second kappa shape index (κ2) is 9.01. The molecular weight excluding hydrogens is 488 g/mol. The molecule has 0 unspecified atom stereocenters. The first-order valence-corrected chi connectivity index (χ1v) is 11.2. The number of rotatable bonds is 5. The van der Waals surface area contributed by atoms with Crippen molar-refractivity contribution in [3.63, 3.8) is 0 Å². The van der Waals surface area contributed by atoms with E-state index in [-0.39, 0.29) is 26.9 Å². The summed E-state index contributed by atoms with van der Waals surface area (Å²) in [6.07, 6.45) is -4.70. The van der Waals surface area contributed by atoms with Crippen molar-refractivity contribution in [2.75, 3.05) is 10.0 Å². The lowest BCUT2D eigenvalue weighted by Gasteiger charge is -2.13. The normalized spacial score (nSPS) is 11.8. The molecule has 3 rings (SSSR count). The van der Waals surface area contributed by atoms with Gasteiger partial charge in [0.05, 0.1) is 26.1 Å². The second-order valence-electron chi connectivity index (χ2n) is 6.76. The molecule has 2 N–H and O–H groups in total. The van der Waals surface area contributed by atoms with Crippen LogP contribution in [0.1, 0.15) is 21.5 Å². The average Bonchev–Trinajstić information content (AvgIpc) is 2.70. The monoisotopic (exact) mass is 502 g/mol. The van der Waals surface area contributed by atoms with E-state index in [1.165, 1.54) is 36.4 Å². The van der Waals surface area contributed by atoms with Gasteiger partial charge in [-0.2, -0.15) is 13.2 Å². The minimum absolute atomic E-state index is 0.0184. The highest BCUT2D eigenvalue weighted by molar-refractivity contribution is 7.92.